The van der Waals surface area contributed by atoms with Crippen LogP contribution in [0.1, 0.15) is 12.5 Å². The van der Waals surface area contributed by atoms with Crippen molar-refractivity contribution in [1.82, 2.24) is 5.32 Å². The molecule has 0 aromatic heterocycles. The van der Waals surface area contributed by atoms with E-state index in [-0.39, 0.29) is 6.04 Å². The minimum absolute atomic E-state index is 0.180. The Kier molecular flexibility index (Phi) is 4.04. The number of hydrogen-bond donors (Lipinski definition) is 3. The maximum absolute atomic E-state index is 9.52. The van der Waals surface area contributed by atoms with Gasteiger partial charge in [0, 0.05) is 5.75 Å². The van der Waals surface area contributed by atoms with E-state index in [0.29, 0.717) is 5.17 Å². The first-order valence-corrected chi connectivity index (χ1v) is 6.52. The number of hydrogen-bond acceptors (Lipinski definition) is 5. The van der Waals surface area contributed by atoms with Gasteiger partial charge in [-0.05, 0) is 12.5 Å². The molecule has 3 atom stereocenters. The van der Waals surface area contributed by atoms with E-state index >= 15 is 0 Å². The van der Waals surface area contributed by atoms with Crippen LogP contribution < -0.4 is 5.32 Å². The van der Waals surface area contributed by atoms with Crippen LogP contribution in [0.3, 0.4) is 0 Å². The Bertz CT molecular complexity index is 397. The fourth-order valence-electron chi connectivity index (χ4n) is 1.58. The highest BCUT2D eigenvalue weighted by Gasteiger charge is 2.28. The Morgan fingerprint density at radius 2 is 2.00 bits per heavy atom. The smallest absolute Gasteiger partial charge is 0.176 e. The van der Waals surface area contributed by atoms with Gasteiger partial charge in [0.1, 0.15) is 6.10 Å². The molecule has 1 aromatic rings. The molecule has 1 heterocycles. The van der Waals surface area contributed by atoms with Crippen LogP contribution >= 0.6 is 11.8 Å². The topological polar surface area (TPSA) is 64.9 Å². The molecule has 0 saturated heterocycles. The van der Waals surface area contributed by atoms with Crippen LogP contribution in [0.25, 0.3) is 0 Å². The lowest BCUT2D eigenvalue weighted by Crippen LogP contribution is -2.50. The second kappa shape index (κ2) is 5.53. The van der Waals surface area contributed by atoms with Gasteiger partial charge in [0.25, 0.3) is 0 Å². The lowest BCUT2D eigenvalue weighted by atomic mass is 10.1. The molecular formula is C12H16N2O2S. The standard InChI is InChI=1S/C12H16N2O2S/c1-8-10(15)11(16)14-12(13-8)17-7-9-5-3-2-4-6-9/h2-6,8,10-11,15-16H,7H2,1H3,(H,13,14)/t8-,10+,11-/m1/s1. The number of nitrogens with zero attached hydrogens (tertiary/aromatic N) is 1. The number of amidine groups is 1. The molecule has 1 aliphatic heterocycles. The van der Waals surface area contributed by atoms with Crippen molar-refractivity contribution < 1.29 is 10.2 Å². The maximum Gasteiger partial charge on any atom is 0.176 e. The SMILES string of the molecule is C[C@H]1NC(SCc2ccccc2)=N[C@H](O)[C@H]1O. The molecule has 3 N–H and O–H groups in total. The number of aliphatic hydroxyl groups excluding tert-OH is 2. The van der Waals surface area contributed by atoms with Gasteiger partial charge in [-0.1, -0.05) is 42.1 Å². The van der Waals surface area contributed by atoms with Gasteiger partial charge >= 0.3 is 0 Å². The van der Waals surface area contributed by atoms with Gasteiger partial charge in [0.05, 0.1) is 6.04 Å². The quantitative estimate of drug-likeness (QED) is 0.733. The van der Waals surface area contributed by atoms with Gasteiger partial charge < -0.3 is 15.5 Å². The molecule has 2 rings (SSSR count). The highest BCUT2D eigenvalue weighted by Crippen LogP contribution is 2.17. The van der Waals surface area contributed by atoms with E-state index in [1.165, 1.54) is 17.3 Å². The Hall–Kier alpha value is -1.04. The second-order valence-corrected chi connectivity index (χ2v) is 5.01. The molecule has 1 aliphatic rings. The number of nitrogens with one attached hydrogen (secondary N) is 1. The average molecular weight is 252 g/mol. The van der Waals surface area contributed by atoms with Crippen LogP contribution in [-0.2, 0) is 5.75 Å². The fraction of sp³-hybridized carbons (Fsp3) is 0.417. The molecule has 0 radical (unpaired) electrons. The third-order valence-corrected chi connectivity index (χ3v) is 3.61. The normalized spacial score (nSPS) is 28.4. The summed E-state index contributed by atoms with van der Waals surface area (Å²) in [5, 5.41) is 22.8. The summed E-state index contributed by atoms with van der Waals surface area (Å²) in [5.41, 5.74) is 1.20. The molecule has 0 bridgehead atoms. The van der Waals surface area contributed by atoms with Crippen molar-refractivity contribution in [3.05, 3.63) is 35.9 Å². The molecule has 5 heteroatoms. The number of aliphatic imine (C=N–C) groups is 1. The summed E-state index contributed by atoms with van der Waals surface area (Å²) in [6.45, 7) is 1.83. The third-order valence-electron chi connectivity index (χ3n) is 2.64. The van der Waals surface area contributed by atoms with Crippen molar-refractivity contribution in [3.8, 4) is 0 Å². The highest BCUT2D eigenvalue weighted by atomic mass is 32.2. The van der Waals surface area contributed by atoms with Gasteiger partial charge in [-0.15, -0.1) is 0 Å². The zero-order chi connectivity index (χ0) is 12.3. The zero-order valence-electron chi connectivity index (χ0n) is 9.58. The first kappa shape index (κ1) is 12.4. The first-order valence-electron chi connectivity index (χ1n) is 5.54. The lowest BCUT2D eigenvalue weighted by molar-refractivity contribution is 0.00321. The molecule has 92 valence electrons. The number of benzene rings is 1. The van der Waals surface area contributed by atoms with Gasteiger partial charge in [0.2, 0.25) is 0 Å². The van der Waals surface area contributed by atoms with E-state index in [2.05, 4.69) is 10.3 Å². The van der Waals surface area contributed by atoms with Crippen molar-refractivity contribution >= 4 is 16.9 Å². The average Bonchev–Trinajstić information content (AvgIpc) is 2.34. The molecule has 0 saturated carbocycles. The van der Waals surface area contributed by atoms with Gasteiger partial charge in [0.15, 0.2) is 11.4 Å². The predicted molar refractivity (Wildman–Crippen MR) is 69.8 cm³/mol. The van der Waals surface area contributed by atoms with Crippen LogP contribution in [0.4, 0.5) is 0 Å². The molecule has 1 aromatic carbocycles. The largest absolute Gasteiger partial charge is 0.386 e. The molecule has 0 fully saturated rings. The Morgan fingerprint density at radius 1 is 1.29 bits per heavy atom. The molecule has 0 amide bonds. The molecule has 0 aliphatic carbocycles. The van der Waals surface area contributed by atoms with Crippen molar-refractivity contribution in [2.75, 3.05) is 0 Å². The van der Waals surface area contributed by atoms with E-state index in [9.17, 15) is 10.2 Å². The monoisotopic (exact) mass is 252 g/mol. The summed E-state index contributed by atoms with van der Waals surface area (Å²) in [5.74, 6) is 0.794. The van der Waals surface area contributed by atoms with E-state index in [1.54, 1.807) is 0 Å². The first-order chi connectivity index (χ1) is 8.16. The van der Waals surface area contributed by atoms with Crippen LogP contribution in [0.15, 0.2) is 35.3 Å². The minimum Gasteiger partial charge on any atom is -0.386 e. The van der Waals surface area contributed by atoms with Gasteiger partial charge in [-0.2, -0.15) is 0 Å². The molecule has 17 heavy (non-hydrogen) atoms. The Balaban J connectivity index is 1.94. The summed E-state index contributed by atoms with van der Waals surface area (Å²) < 4.78 is 0. The summed E-state index contributed by atoms with van der Waals surface area (Å²) in [7, 11) is 0. The van der Waals surface area contributed by atoms with Crippen molar-refractivity contribution in [2.45, 2.75) is 31.1 Å². The fourth-order valence-corrected chi connectivity index (χ4v) is 2.52. The van der Waals surface area contributed by atoms with Gasteiger partial charge in [-0.25, -0.2) is 4.99 Å². The molecule has 0 spiro atoms. The van der Waals surface area contributed by atoms with Gasteiger partial charge in [-0.3, -0.25) is 0 Å². The molecular weight excluding hydrogens is 236 g/mol. The van der Waals surface area contributed by atoms with E-state index in [1.807, 2.05) is 37.3 Å². The lowest BCUT2D eigenvalue weighted by Gasteiger charge is -2.29. The van der Waals surface area contributed by atoms with Crippen molar-refractivity contribution in [2.24, 2.45) is 4.99 Å². The summed E-state index contributed by atoms with van der Waals surface area (Å²) in [4.78, 5) is 4.00. The highest BCUT2D eigenvalue weighted by molar-refractivity contribution is 8.13. The Labute approximate surface area is 105 Å². The zero-order valence-corrected chi connectivity index (χ0v) is 10.4. The van der Waals surface area contributed by atoms with Crippen LogP contribution in [0.5, 0.6) is 0 Å². The maximum atomic E-state index is 9.52. The van der Waals surface area contributed by atoms with E-state index in [0.717, 1.165) is 5.75 Å². The number of rotatable bonds is 2. The van der Waals surface area contributed by atoms with E-state index in [4.69, 9.17) is 0 Å². The van der Waals surface area contributed by atoms with Crippen LogP contribution in [0.2, 0.25) is 0 Å². The third kappa shape index (κ3) is 3.21. The summed E-state index contributed by atoms with van der Waals surface area (Å²) in [6, 6.07) is 9.88. The number of thioether (sulfide) groups is 1. The second-order valence-electron chi connectivity index (χ2n) is 4.05. The minimum atomic E-state index is -1.02. The summed E-state index contributed by atoms with van der Waals surface area (Å²) >= 11 is 1.53. The van der Waals surface area contributed by atoms with Crippen LogP contribution in [0, 0.1) is 0 Å². The molecule has 0 unspecified atom stereocenters. The van der Waals surface area contributed by atoms with Crippen LogP contribution in [-0.4, -0.2) is 33.8 Å². The van der Waals surface area contributed by atoms with E-state index < -0.39 is 12.3 Å². The Morgan fingerprint density at radius 3 is 2.65 bits per heavy atom. The van der Waals surface area contributed by atoms with Crippen molar-refractivity contribution in [1.29, 1.82) is 0 Å². The summed E-state index contributed by atoms with van der Waals surface area (Å²) in [6.07, 6.45) is -1.86. The molecule has 4 nitrogen and oxygen atoms in total. The number of aliphatic hydroxyl groups is 2. The van der Waals surface area contributed by atoms with Crippen molar-refractivity contribution in [3.63, 3.8) is 0 Å². The predicted octanol–water partition coefficient (Wildman–Crippen LogP) is 0.947.